The van der Waals surface area contributed by atoms with Crippen LogP contribution in [0.3, 0.4) is 0 Å². The molecule has 0 aromatic heterocycles. The summed E-state index contributed by atoms with van der Waals surface area (Å²) in [5.74, 6) is 0.0681. The van der Waals surface area contributed by atoms with Gasteiger partial charge in [0.2, 0.25) is 0 Å². The summed E-state index contributed by atoms with van der Waals surface area (Å²) in [5, 5.41) is 7.44. The second kappa shape index (κ2) is 6.25. The van der Waals surface area contributed by atoms with Crippen LogP contribution in [-0.2, 0) is 16.1 Å². The highest BCUT2D eigenvalue weighted by molar-refractivity contribution is 5.96. The predicted molar refractivity (Wildman–Crippen MR) is 63.6 cm³/mol. The van der Waals surface area contributed by atoms with Crippen molar-refractivity contribution in [1.82, 2.24) is 0 Å². The number of ether oxygens (including phenoxy) is 2. The van der Waals surface area contributed by atoms with E-state index in [4.69, 9.17) is 20.6 Å². The molecule has 0 heterocycles. The van der Waals surface area contributed by atoms with Gasteiger partial charge in [0.25, 0.3) is 0 Å². The van der Waals surface area contributed by atoms with Crippen LogP contribution in [0.2, 0.25) is 0 Å². The lowest BCUT2D eigenvalue weighted by molar-refractivity contribution is -0.000174. The Morgan fingerprint density at radius 1 is 1.44 bits per heavy atom. The van der Waals surface area contributed by atoms with Gasteiger partial charge in [-0.3, -0.25) is 5.41 Å². The number of nitrogen functional groups attached to an aromatic ring is 1. The second-order valence-electron chi connectivity index (χ2n) is 3.65. The molecule has 1 unspecified atom stereocenters. The van der Waals surface area contributed by atoms with Crippen molar-refractivity contribution < 1.29 is 9.47 Å². The van der Waals surface area contributed by atoms with E-state index in [-0.39, 0.29) is 11.9 Å². The molecule has 0 aliphatic carbocycles. The maximum absolute atomic E-state index is 7.44. The summed E-state index contributed by atoms with van der Waals surface area (Å²) in [6, 6.07) is 7.50. The van der Waals surface area contributed by atoms with E-state index in [9.17, 15) is 0 Å². The summed E-state index contributed by atoms with van der Waals surface area (Å²) >= 11 is 0. The van der Waals surface area contributed by atoms with Gasteiger partial charge in [-0.05, 0) is 12.5 Å². The molecule has 0 aliphatic rings. The molecule has 0 aliphatic heterocycles. The first kappa shape index (κ1) is 12.7. The first-order chi connectivity index (χ1) is 7.65. The summed E-state index contributed by atoms with van der Waals surface area (Å²) in [6.45, 7) is 2.95. The summed E-state index contributed by atoms with van der Waals surface area (Å²) in [5.41, 5.74) is 7.14. The molecular formula is C12H18N2O2. The number of nitrogens with two attached hydrogens (primary N) is 1. The predicted octanol–water partition coefficient (Wildman–Crippen LogP) is 1.52. The monoisotopic (exact) mass is 222 g/mol. The van der Waals surface area contributed by atoms with Crippen molar-refractivity contribution in [3.8, 4) is 0 Å². The fourth-order valence-corrected chi connectivity index (χ4v) is 1.42. The Kier molecular flexibility index (Phi) is 4.95. The van der Waals surface area contributed by atoms with E-state index in [0.29, 0.717) is 13.2 Å². The van der Waals surface area contributed by atoms with Crippen LogP contribution in [0.5, 0.6) is 0 Å². The van der Waals surface area contributed by atoms with E-state index < -0.39 is 0 Å². The van der Waals surface area contributed by atoms with Crippen LogP contribution in [0.15, 0.2) is 24.3 Å². The van der Waals surface area contributed by atoms with E-state index in [2.05, 4.69) is 0 Å². The third-order valence-electron chi connectivity index (χ3n) is 2.23. The van der Waals surface area contributed by atoms with Gasteiger partial charge >= 0.3 is 0 Å². The van der Waals surface area contributed by atoms with Crippen molar-refractivity contribution in [1.29, 1.82) is 5.41 Å². The molecule has 0 radical (unpaired) electrons. The third-order valence-corrected chi connectivity index (χ3v) is 2.23. The minimum Gasteiger partial charge on any atom is -0.384 e. The van der Waals surface area contributed by atoms with Crippen LogP contribution < -0.4 is 5.73 Å². The van der Waals surface area contributed by atoms with Gasteiger partial charge in [0.1, 0.15) is 5.84 Å². The van der Waals surface area contributed by atoms with E-state index in [0.717, 1.165) is 11.1 Å². The van der Waals surface area contributed by atoms with Crippen LogP contribution in [0.25, 0.3) is 0 Å². The number of methoxy groups -OCH3 is 1. The van der Waals surface area contributed by atoms with Gasteiger partial charge in [-0.2, -0.15) is 0 Å². The summed E-state index contributed by atoms with van der Waals surface area (Å²) in [4.78, 5) is 0. The zero-order chi connectivity index (χ0) is 12.0. The fraction of sp³-hybridized carbons (Fsp3) is 0.417. The van der Waals surface area contributed by atoms with Crippen LogP contribution in [0.4, 0.5) is 0 Å². The molecule has 0 fully saturated rings. The van der Waals surface area contributed by atoms with Crippen LogP contribution in [0, 0.1) is 5.41 Å². The van der Waals surface area contributed by atoms with E-state index >= 15 is 0 Å². The lowest BCUT2D eigenvalue weighted by Gasteiger charge is -2.13. The maximum Gasteiger partial charge on any atom is 0.123 e. The first-order valence-electron chi connectivity index (χ1n) is 5.18. The Labute approximate surface area is 95.9 Å². The summed E-state index contributed by atoms with van der Waals surface area (Å²) in [7, 11) is 1.64. The van der Waals surface area contributed by atoms with Gasteiger partial charge in [-0.15, -0.1) is 0 Å². The highest BCUT2D eigenvalue weighted by Gasteiger charge is 2.07. The molecule has 1 rings (SSSR count). The van der Waals surface area contributed by atoms with E-state index in [1.54, 1.807) is 7.11 Å². The number of benzene rings is 1. The molecule has 4 nitrogen and oxygen atoms in total. The molecule has 16 heavy (non-hydrogen) atoms. The third kappa shape index (κ3) is 3.64. The quantitative estimate of drug-likeness (QED) is 0.566. The van der Waals surface area contributed by atoms with E-state index in [1.165, 1.54) is 0 Å². The van der Waals surface area contributed by atoms with Crippen LogP contribution in [-0.4, -0.2) is 25.7 Å². The van der Waals surface area contributed by atoms with Gasteiger partial charge in [0, 0.05) is 12.7 Å². The van der Waals surface area contributed by atoms with Gasteiger partial charge in [-0.1, -0.05) is 24.3 Å². The highest BCUT2D eigenvalue weighted by Crippen LogP contribution is 2.10. The SMILES string of the molecule is COCC(C)OCc1ccccc1C(=N)N. The lowest BCUT2D eigenvalue weighted by Crippen LogP contribution is -2.18. The zero-order valence-corrected chi connectivity index (χ0v) is 9.69. The molecule has 3 N–H and O–H groups in total. The average molecular weight is 222 g/mol. The largest absolute Gasteiger partial charge is 0.384 e. The molecular weight excluding hydrogens is 204 g/mol. The van der Waals surface area contributed by atoms with Crippen molar-refractivity contribution >= 4 is 5.84 Å². The Morgan fingerprint density at radius 3 is 2.75 bits per heavy atom. The number of rotatable bonds is 6. The van der Waals surface area contributed by atoms with Crippen LogP contribution >= 0.6 is 0 Å². The molecule has 1 aromatic rings. The Balaban J connectivity index is 2.63. The number of nitrogens with one attached hydrogen (secondary N) is 1. The van der Waals surface area contributed by atoms with Crippen molar-refractivity contribution in [3.63, 3.8) is 0 Å². The minimum atomic E-state index is 0.0324. The fourth-order valence-electron chi connectivity index (χ4n) is 1.42. The first-order valence-corrected chi connectivity index (χ1v) is 5.18. The zero-order valence-electron chi connectivity index (χ0n) is 9.69. The normalized spacial score (nSPS) is 12.4. The highest BCUT2D eigenvalue weighted by atomic mass is 16.5. The Morgan fingerprint density at radius 2 is 2.12 bits per heavy atom. The van der Waals surface area contributed by atoms with Gasteiger partial charge in [0.05, 0.1) is 19.3 Å². The number of hydrogen-bond acceptors (Lipinski definition) is 3. The molecule has 1 atom stereocenters. The smallest absolute Gasteiger partial charge is 0.123 e. The maximum atomic E-state index is 7.44. The average Bonchev–Trinajstić information content (AvgIpc) is 2.27. The van der Waals surface area contributed by atoms with Crippen molar-refractivity contribution in [2.75, 3.05) is 13.7 Å². The van der Waals surface area contributed by atoms with Crippen molar-refractivity contribution in [2.24, 2.45) is 5.73 Å². The molecule has 0 saturated heterocycles. The van der Waals surface area contributed by atoms with Gasteiger partial charge in [-0.25, -0.2) is 0 Å². The topological polar surface area (TPSA) is 68.3 Å². The molecule has 1 aromatic carbocycles. The Bertz CT molecular complexity index is 353. The molecule has 4 heteroatoms. The Hall–Kier alpha value is -1.39. The standard InChI is InChI=1S/C12H18N2O2/c1-9(7-15-2)16-8-10-5-3-4-6-11(10)12(13)14/h3-6,9H,7-8H2,1-2H3,(H3,13,14). The molecule has 0 spiro atoms. The number of hydrogen-bond donors (Lipinski definition) is 2. The number of amidine groups is 1. The van der Waals surface area contributed by atoms with Crippen molar-refractivity contribution in [2.45, 2.75) is 19.6 Å². The molecule has 0 saturated carbocycles. The second-order valence-corrected chi connectivity index (χ2v) is 3.65. The molecule has 0 amide bonds. The molecule has 88 valence electrons. The summed E-state index contributed by atoms with van der Waals surface area (Å²) < 4.78 is 10.6. The van der Waals surface area contributed by atoms with Crippen LogP contribution in [0.1, 0.15) is 18.1 Å². The minimum absolute atomic E-state index is 0.0324. The van der Waals surface area contributed by atoms with Gasteiger partial charge < -0.3 is 15.2 Å². The van der Waals surface area contributed by atoms with Crippen molar-refractivity contribution in [3.05, 3.63) is 35.4 Å². The lowest BCUT2D eigenvalue weighted by atomic mass is 10.1. The molecule has 0 bridgehead atoms. The summed E-state index contributed by atoms with van der Waals surface area (Å²) in [6.07, 6.45) is 0.0324. The van der Waals surface area contributed by atoms with Gasteiger partial charge in [0.15, 0.2) is 0 Å². The van der Waals surface area contributed by atoms with E-state index in [1.807, 2.05) is 31.2 Å².